The van der Waals surface area contributed by atoms with Crippen LogP contribution in [0.15, 0.2) is 42.6 Å². The molecule has 0 radical (unpaired) electrons. The van der Waals surface area contributed by atoms with Crippen molar-refractivity contribution in [1.29, 1.82) is 0 Å². The van der Waals surface area contributed by atoms with Gasteiger partial charge in [0, 0.05) is 24.4 Å². The number of nitrogens with one attached hydrogen (secondary N) is 5. The van der Waals surface area contributed by atoms with E-state index in [1.54, 1.807) is 27.7 Å². The average molecular weight is 754 g/mol. The van der Waals surface area contributed by atoms with Crippen LogP contribution in [0.3, 0.4) is 0 Å². The van der Waals surface area contributed by atoms with Crippen molar-refractivity contribution in [3.05, 3.63) is 48.2 Å². The first-order valence-electron chi connectivity index (χ1n) is 17.8. The van der Waals surface area contributed by atoms with E-state index in [1.165, 1.54) is 6.92 Å². The molecule has 1 aromatic carbocycles. The van der Waals surface area contributed by atoms with Crippen LogP contribution < -0.4 is 26.6 Å². The fraction of sp³-hybridized carbons (Fsp3) is 0.676. The second-order valence-corrected chi connectivity index (χ2v) is 17.6. The van der Waals surface area contributed by atoms with E-state index in [4.69, 9.17) is 4.74 Å². The summed E-state index contributed by atoms with van der Waals surface area (Å²) < 4.78 is 29.6. The normalized spacial score (nSPS) is 16.0. The van der Waals surface area contributed by atoms with Crippen LogP contribution in [0.5, 0.6) is 0 Å². The van der Waals surface area contributed by atoms with E-state index >= 15 is 0 Å². The van der Waals surface area contributed by atoms with Gasteiger partial charge in [-0.25, -0.2) is 13.2 Å². The molecule has 15 heteroatoms. The molecule has 0 heterocycles. The highest BCUT2D eigenvalue weighted by Gasteiger charge is 2.33. The Balaban J connectivity index is 3.10. The van der Waals surface area contributed by atoms with Crippen molar-refractivity contribution < 1.29 is 42.5 Å². The summed E-state index contributed by atoms with van der Waals surface area (Å²) in [7, 11) is -3.47. The van der Waals surface area contributed by atoms with Crippen molar-refractivity contribution in [2.45, 2.75) is 130 Å². The fourth-order valence-corrected chi connectivity index (χ4v) is 6.00. The third-order valence-corrected chi connectivity index (χ3v) is 9.08. The summed E-state index contributed by atoms with van der Waals surface area (Å²) in [4.78, 5) is 52.4. The molecule has 7 atom stereocenters. The lowest BCUT2D eigenvalue weighted by Crippen LogP contribution is -2.55. The number of ether oxygens (including phenoxy) is 1. The van der Waals surface area contributed by atoms with Gasteiger partial charge in [-0.15, -0.1) is 0 Å². The Labute approximate surface area is 310 Å². The van der Waals surface area contributed by atoms with Gasteiger partial charge in [0.1, 0.15) is 27.5 Å². The van der Waals surface area contributed by atoms with Gasteiger partial charge >= 0.3 is 6.09 Å². The number of aliphatic hydroxyl groups excluding tert-OH is 2. The Morgan fingerprint density at radius 1 is 0.827 bits per heavy atom. The molecule has 1 rings (SSSR count). The maximum Gasteiger partial charge on any atom is 0.408 e. The van der Waals surface area contributed by atoms with Crippen LogP contribution in [0.2, 0.25) is 0 Å². The zero-order chi connectivity index (χ0) is 40.0. The summed E-state index contributed by atoms with van der Waals surface area (Å²) in [5, 5.41) is 35.5. The first kappa shape index (κ1) is 46.3. The third-order valence-electron chi connectivity index (χ3n) is 8.10. The average Bonchev–Trinajstić information content (AvgIpc) is 3.01. The Bertz CT molecular complexity index is 1430. The van der Waals surface area contributed by atoms with E-state index in [0.717, 1.165) is 11.8 Å². The van der Waals surface area contributed by atoms with Gasteiger partial charge in [0.15, 0.2) is 0 Å². The van der Waals surface area contributed by atoms with Crippen LogP contribution in [-0.4, -0.2) is 96.4 Å². The fourth-order valence-electron chi connectivity index (χ4n) is 5.34. The standard InChI is InChI=1S/C37H63N5O9S/c1-22(2)19-29(30(44)20-24(5)33(45)41-32(26(7)43)35(47)38-21-27-15-13-12-14-16-27)40-34(46)28(17-18-52(11,49)50)39-25(6)31(23(3)4)42-36(48)51-37(8,9)10/h12-16,22-24,26,28-32,39,43-44H,6,17-21H2,1-5,7-11H3,(H,38,47)(H,40,46)(H,41,45)(H,42,48)/t24-,26-,28+,29+,30+,31+,32-/m1/s1. The van der Waals surface area contributed by atoms with Gasteiger partial charge in [-0.3, -0.25) is 14.4 Å². The van der Waals surface area contributed by atoms with Gasteiger partial charge in [-0.1, -0.05) is 71.5 Å². The minimum absolute atomic E-state index is 0.0118. The number of sulfone groups is 1. The summed E-state index contributed by atoms with van der Waals surface area (Å²) in [5.74, 6) is -3.06. The molecule has 0 aromatic heterocycles. The smallest absolute Gasteiger partial charge is 0.408 e. The van der Waals surface area contributed by atoms with Gasteiger partial charge in [0.05, 0.1) is 30.0 Å². The van der Waals surface area contributed by atoms with Gasteiger partial charge in [0.2, 0.25) is 17.7 Å². The predicted molar refractivity (Wildman–Crippen MR) is 201 cm³/mol. The number of carbonyl (C=O) groups is 4. The molecule has 0 aliphatic carbocycles. The van der Waals surface area contributed by atoms with Crippen molar-refractivity contribution in [1.82, 2.24) is 26.6 Å². The Hall–Kier alpha value is -3.69. The maximum atomic E-state index is 13.8. The Kier molecular flexibility index (Phi) is 18.8. The lowest BCUT2D eigenvalue weighted by atomic mass is 9.92. The van der Waals surface area contributed by atoms with Crippen LogP contribution in [0, 0.1) is 17.8 Å². The molecule has 52 heavy (non-hydrogen) atoms. The lowest BCUT2D eigenvalue weighted by Gasteiger charge is -2.32. The van der Waals surface area contributed by atoms with E-state index < -0.39 is 81.5 Å². The number of hydrogen-bond donors (Lipinski definition) is 7. The largest absolute Gasteiger partial charge is 0.444 e. The van der Waals surface area contributed by atoms with Gasteiger partial charge < -0.3 is 41.5 Å². The molecule has 0 aliphatic rings. The topological polar surface area (TPSA) is 212 Å². The quantitative estimate of drug-likeness (QED) is 0.0975. The van der Waals surface area contributed by atoms with Crippen molar-refractivity contribution >= 4 is 33.7 Å². The molecule has 0 bridgehead atoms. The van der Waals surface area contributed by atoms with Gasteiger partial charge in [-0.05, 0) is 64.4 Å². The maximum absolute atomic E-state index is 13.8. The highest BCUT2D eigenvalue weighted by Crippen LogP contribution is 2.18. The highest BCUT2D eigenvalue weighted by atomic mass is 32.2. The molecule has 0 spiro atoms. The summed E-state index contributed by atoms with van der Waals surface area (Å²) in [5.41, 5.74) is 0.358. The van der Waals surface area contributed by atoms with Crippen LogP contribution in [0.1, 0.15) is 87.1 Å². The van der Waals surface area contributed by atoms with Crippen molar-refractivity contribution in [3.8, 4) is 0 Å². The molecule has 4 amide bonds. The van der Waals surface area contributed by atoms with Crippen LogP contribution in [0.4, 0.5) is 4.79 Å². The SMILES string of the molecule is C=C(N[C@@H](CCS(C)(=O)=O)C(=O)N[C@@H](CC(C)C)[C@@H](O)C[C@@H](C)C(=O)N[C@@H](C(=O)NCc1ccccc1)[C@@H](C)O)[C@@H](NC(=O)OC(C)(C)C)C(C)C. The Morgan fingerprint density at radius 2 is 1.42 bits per heavy atom. The van der Waals surface area contributed by atoms with E-state index in [1.807, 2.05) is 58.0 Å². The van der Waals surface area contributed by atoms with Crippen LogP contribution >= 0.6 is 0 Å². The first-order valence-corrected chi connectivity index (χ1v) is 19.9. The van der Waals surface area contributed by atoms with Crippen molar-refractivity contribution in [3.63, 3.8) is 0 Å². The van der Waals surface area contributed by atoms with E-state index in [0.29, 0.717) is 6.42 Å². The molecule has 1 aromatic rings. The molecule has 0 fully saturated rings. The number of aliphatic hydroxyl groups is 2. The summed E-state index contributed by atoms with van der Waals surface area (Å²) in [6, 6.07) is 5.32. The second-order valence-electron chi connectivity index (χ2n) is 15.4. The van der Waals surface area contributed by atoms with Gasteiger partial charge in [-0.2, -0.15) is 0 Å². The van der Waals surface area contributed by atoms with Crippen LogP contribution in [-0.2, 0) is 35.5 Å². The molecule has 0 saturated carbocycles. The van der Waals surface area contributed by atoms with Crippen molar-refractivity contribution in [2.75, 3.05) is 12.0 Å². The minimum Gasteiger partial charge on any atom is -0.444 e. The summed E-state index contributed by atoms with van der Waals surface area (Å²) in [6.07, 6.45) is -1.93. The molecule has 296 valence electrons. The van der Waals surface area contributed by atoms with Gasteiger partial charge in [0.25, 0.3) is 0 Å². The molecule has 0 saturated heterocycles. The van der Waals surface area contributed by atoms with E-state index in [9.17, 15) is 37.8 Å². The summed E-state index contributed by atoms with van der Waals surface area (Å²) in [6.45, 7) is 19.9. The number of rotatable bonds is 21. The molecule has 0 unspecified atom stereocenters. The highest BCUT2D eigenvalue weighted by molar-refractivity contribution is 7.90. The zero-order valence-corrected chi connectivity index (χ0v) is 33.3. The number of amides is 4. The minimum atomic E-state index is -3.47. The number of hydrogen-bond acceptors (Lipinski definition) is 10. The molecule has 7 N–H and O–H groups in total. The third kappa shape index (κ3) is 18.2. The van der Waals surface area contributed by atoms with E-state index in [-0.39, 0.29) is 42.7 Å². The monoisotopic (exact) mass is 753 g/mol. The van der Waals surface area contributed by atoms with Crippen LogP contribution in [0.25, 0.3) is 0 Å². The summed E-state index contributed by atoms with van der Waals surface area (Å²) >= 11 is 0. The first-order chi connectivity index (χ1) is 23.9. The molecule has 0 aliphatic heterocycles. The second kappa shape index (κ2) is 21.1. The number of alkyl carbamates (subject to hydrolysis) is 1. The molecule has 14 nitrogen and oxygen atoms in total. The predicted octanol–water partition coefficient (Wildman–Crippen LogP) is 2.54. The van der Waals surface area contributed by atoms with Crippen molar-refractivity contribution in [2.24, 2.45) is 17.8 Å². The van der Waals surface area contributed by atoms with E-state index in [2.05, 4.69) is 33.2 Å². The zero-order valence-electron chi connectivity index (χ0n) is 32.5. The molecular weight excluding hydrogens is 691 g/mol. The lowest BCUT2D eigenvalue weighted by molar-refractivity contribution is -0.134. The number of carbonyl (C=O) groups excluding carboxylic acids is 4. The number of benzene rings is 1. The Morgan fingerprint density at radius 3 is 1.92 bits per heavy atom. The molecular formula is C37H63N5O9S.